The SMILES string of the molecule is CCOC(=O)c1ccc2c(c1)C(C)(c1ccc(Cl)cc1)CC(C)(C)N2. The molecule has 1 atom stereocenters. The number of hydrogen-bond acceptors (Lipinski definition) is 3. The van der Waals surface area contributed by atoms with Gasteiger partial charge in [0.25, 0.3) is 0 Å². The van der Waals surface area contributed by atoms with Gasteiger partial charge >= 0.3 is 5.97 Å². The number of carbonyl (C=O) groups excluding carboxylic acids is 1. The Kier molecular flexibility index (Phi) is 4.54. The lowest BCUT2D eigenvalue weighted by molar-refractivity contribution is 0.0526. The van der Waals surface area contributed by atoms with Crippen molar-refractivity contribution in [1.82, 2.24) is 0 Å². The first-order chi connectivity index (χ1) is 11.7. The van der Waals surface area contributed by atoms with Crippen LogP contribution < -0.4 is 5.32 Å². The number of benzene rings is 2. The minimum Gasteiger partial charge on any atom is -0.462 e. The van der Waals surface area contributed by atoms with Crippen LogP contribution in [0, 0.1) is 0 Å². The Hall–Kier alpha value is -2.00. The summed E-state index contributed by atoms with van der Waals surface area (Å²) in [5.41, 5.74) is 3.65. The average Bonchev–Trinajstić information content (AvgIpc) is 2.54. The predicted octanol–water partition coefficient (Wildman–Crippen LogP) is 5.42. The van der Waals surface area contributed by atoms with Crippen molar-refractivity contribution < 1.29 is 9.53 Å². The summed E-state index contributed by atoms with van der Waals surface area (Å²) in [6, 6.07) is 13.8. The van der Waals surface area contributed by atoms with Crippen LogP contribution in [-0.2, 0) is 10.2 Å². The molecule has 0 spiro atoms. The summed E-state index contributed by atoms with van der Waals surface area (Å²) < 4.78 is 5.17. The topological polar surface area (TPSA) is 38.3 Å². The van der Waals surface area contributed by atoms with E-state index in [1.54, 1.807) is 0 Å². The summed E-state index contributed by atoms with van der Waals surface area (Å²) in [6.07, 6.45) is 0.904. The Balaban J connectivity index is 2.15. The van der Waals surface area contributed by atoms with Gasteiger partial charge in [-0.15, -0.1) is 0 Å². The molecule has 2 aromatic rings. The van der Waals surface area contributed by atoms with Crippen LogP contribution in [0.5, 0.6) is 0 Å². The predicted molar refractivity (Wildman–Crippen MR) is 103 cm³/mol. The van der Waals surface area contributed by atoms with Crippen LogP contribution in [0.2, 0.25) is 5.02 Å². The molecule has 1 heterocycles. The van der Waals surface area contributed by atoms with E-state index in [4.69, 9.17) is 16.3 Å². The number of hydrogen-bond donors (Lipinski definition) is 1. The molecule has 0 amide bonds. The van der Waals surface area contributed by atoms with Crippen LogP contribution in [0.1, 0.15) is 55.6 Å². The van der Waals surface area contributed by atoms with Crippen LogP contribution >= 0.6 is 11.6 Å². The standard InChI is InChI=1S/C21H24ClNO2/c1-5-25-19(24)14-6-11-18-17(12-14)21(4,13-20(2,3)23-18)15-7-9-16(22)10-8-15/h6-12,23H,5,13H2,1-4H3. The largest absolute Gasteiger partial charge is 0.462 e. The summed E-state index contributed by atoms with van der Waals surface area (Å²) in [4.78, 5) is 12.2. The molecule has 2 aromatic carbocycles. The van der Waals surface area contributed by atoms with Crippen molar-refractivity contribution in [1.29, 1.82) is 0 Å². The highest BCUT2D eigenvalue weighted by molar-refractivity contribution is 6.30. The van der Waals surface area contributed by atoms with Gasteiger partial charge in [0.1, 0.15) is 0 Å². The molecule has 1 unspecified atom stereocenters. The zero-order chi connectivity index (χ0) is 18.2. The van der Waals surface area contributed by atoms with Crippen LogP contribution in [0.15, 0.2) is 42.5 Å². The van der Waals surface area contributed by atoms with E-state index < -0.39 is 0 Å². The molecule has 25 heavy (non-hydrogen) atoms. The van der Waals surface area contributed by atoms with Gasteiger partial charge in [-0.25, -0.2) is 4.79 Å². The molecule has 0 aromatic heterocycles. The molecule has 0 fully saturated rings. The molecule has 0 saturated heterocycles. The van der Waals surface area contributed by atoms with E-state index in [-0.39, 0.29) is 16.9 Å². The molecule has 0 aliphatic carbocycles. The third kappa shape index (κ3) is 3.38. The third-order valence-corrected chi connectivity index (χ3v) is 5.13. The fourth-order valence-corrected chi connectivity index (χ4v) is 4.04. The van der Waals surface area contributed by atoms with Crippen LogP contribution in [0.4, 0.5) is 5.69 Å². The molecule has 0 bridgehead atoms. The van der Waals surface area contributed by atoms with Gasteiger partial charge in [0.15, 0.2) is 0 Å². The molecule has 1 N–H and O–H groups in total. The number of ether oxygens (including phenoxy) is 1. The zero-order valence-electron chi connectivity index (χ0n) is 15.2. The van der Waals surface area contributed by atoms with Gasteiger partial charge in [0.2, 0.25) is 0 Å². The van der Waals surface area contributed by atoms with Crippen LogP contribution in [-0.4, -0.2) is 18.1 Å². The lowest BCUT2D eigenvalue weighted by atomic mass is 9.66. The number of carbonyl (C=O) groups is 1. The van der Waals surface area contributed by atoms with E-state index in [0.29, 0.717) is 12.2 Å². The molecule has 1 aliphatic rings. The van der Waals surface area contributed by atoms with Gasteiger partial charge in [0, 0.05) is 21.7 Å². The number of nitrogens with one attached hydrogen (secondary N) is 1. The van der Waals surface area contributed by atoms with E-state index in [1.807, 2.05) is 37.3 Å². The van der Waals surface area contributed by atoms with E-state index in [0.717, 1.165) is 22.7 Å². The zero-order valence-corrected chi connectivity index (χ0v) is 15.9. The van der Waals surface area contributed by atoms with Crippen LogP contribution in [0.3, 0.4) is 0 Å². The molecular formula is C21H24ClNO2. The van der Waals surface area contributed by atoms with Gasteiger partial charge in [-0.05, 0) is 68.7 Å². The van der Waals surface area contributed by atoms with E-state index in [2.05, 4.69) is 38.2 Å². The molecule has 4 heteroatoms. The minimum atomic E-state index is -0.284. The molecule has 3 nitrogen and oxygen atoms in total. The Morgan fingerprint density at radius 2 is 1.84 bits per heavy atom. The summed E-state index contributed by atoms with van der Waals surface area (Å²) in [5, 5.41) is 4.32. The fraction of sp³-hybridized carbons (Fsp3) is 0.381. The minimum absolute atomic E-state index is 0.0627. The third-order valence-electron chi connectivity index (χ3n) is 4.88. The number of esters is 1. The van der Waals surface area contributed by atoms with Crippen molar-refractivity contribution in [3.05, 3.63) is 64.2 Å². The smallest absolute Gasteiger partial charge is 0.338 e. The second kappa shape index (κ2) is 6.38. The lowest BCUT2D eigenvalue weighted by Crippen LogP contribution is -2.45. The van der Waals surface area contributed by atoms with Crippen molar-refractivity contribution in [3.8, 4) is 0 Å². The molecule has 0 radical (unpaired) electrons. The van der Waals surface area contributed by atoms with Gasteiger partial charge in [-0.2, -0.15) is 0 Å². The number of rotatable bonds is 3. The highest BCUT2D eigenvalue weighted by Crippen LogP contribution is 2.47. The highest BCUT2D eigenvalue weighted by atomic mass is 35.5. The van der Waals surface area contributed by atoms with Gasteiger partial charge in [0.05, 0.1) is 12.2 Å². The average molecular weight is 358 g/mol. The van der Waals surface area contributed by atoms with Crippen molar-refractivity contribution in [3.63, 3.8) is 0 Å². The Morgan fingerprint density at radius 3 is 2.48 bits per heavy atom. The molecule has 0 saturated carbocycles. The maximum atomic E-state index is 12.2. The Bertz CT molecular complexity index is 798. The van der Waals surface area contributed by atoms with Crippen molar-refractivity contribution >= 4 is 23.3 Å². The maximum absolute atomic E-state index is 12.2. The first-order valence-electron chi connectivity index (χ1n) is 8.61. The summed E-state index contributed by atoms with van der Waals surface area (Å²) in [7, 11) is 0. The van der Waals surface area contributed by atoms with Gasteiger partial charge < -0.3 is 10.1 Å². The van der Waals surface area contributed by atoms with Gasteiger partial charge in [-0.1, -0.05) is 30.7 Å². The number of fused-ring (bicyclic) bond motifs is 1. The molecule has 3 rings (SSSR count). The quantitative estimate of drug-likeness (QED) is 0.745. The van der Waals surface area contributed by atoms with Crippen molar-refractivity contribution in [2.75, 3.05) is 11.9 Å². The fourth-order valence-electron chi connectivity index (χ4n) is 3.91. The summed E-state index contributed by atoms with van der Waals surface area (Å²) in [5.74, 6) is -0.284. The Labute approximate surface area is 154 Å². The normalized spacial score (nSPS) is 21.2. The monoisotopic (exact) mass is 357 g/mol. The first-order valence-corrected chi connectivity index (χ1v) is 8.99. The first kappa shape index (κ1) is 17.8. The summed E-state index contributed by atoms with van der Waals surface area (Å²) >= 11 is 6.08. The van der Waals surface area contributed by atoms with E-state index in [9.17, 15) is 4.79 Å². The van der Waals surface area contributed by atoms with E-state index >= 15 is 0 Å². The molecule has 132 valence electrons. The number of anilines is 1. The van der Waals surface area contributed by atoms with Crippen LogP contribution in [0.25, 0.3) is 0 Å². The second-order valence-electron chi connectivity index (χ2n) is 7.51. The molecular weight excluding hydrogens is 334 g/mol. The second-order valence-corrected chi connectivity index (χ2v) is 7.94. The van der Waals surface area contributed by atoms with Gasteiger partial charge in [-0.3, -0.25) is 0 Å². The lowest BCUT2D eigenvalue weighted by Gasteiger charge is -2.46. The van der Waals surface area contributed by atoms with E-state index in [1.165, 1.54) is 5.56 Å². The molecule has 1 aliphatic heterocycles. The van der Waals surface area contributed by atoms with Crippen molar-refractivity contribution in [2.24, 2.45) is 0 Å². The number of halogens is 1. The highest BCUT2D eigenvalue weighted by Gasteiger charge is 2.41. The maximum Gasteiger partial charge on any atom is 0.338 e. The summed E-state index contributed by atoms with van der Waals surface area (Å²) in [6.45, 7) is 8.81. The Morgan fingerprint density at radius 1 is 1.16 bits per heavy atom. The van der Waals surface area contributed by atoms with Crippen molar-refractivity contribution in [2.45, 2.75) is 45.1 Å².